The van der Waals surface area contributed by atoms with Gasteiger partial charge >= 0.3 is 0 Å². The van der Waals surface area contributed by atoms with Gasteiger partial charge in [-0.25, -0.2) is 4.98 Å². The summed E-state index contributed by atoms with van der Waals surface area (Å²) < 4.78 is 0. The number of aryl methyl sites for hydroxylation is 1. The summed E-state index contributed by atoms with van der Waals surface area (Å²) in [6, 6.07) is 4.23. The molecule has 3 aliphatic rings. The molecule has 0 bridgehead atoms. The summed E-state index contributed by atoms with van der Waals surface area (Å²) >= 11 is 0. The fourth-order valence-corrected chi connectivity index (χ4v) is 4.22. The van der Waals surface area contributed by atoms with E-state index in [0.717, 1.165) is 44.8 Å². The van der Waals surface area contributed by atoms with Crippen molar-refractivity contribution in [1.29, 1.82) is 0 Å². The van der Waals surface area contributed by atoms with Gasteiger partial charge in [-0.1, -0.05) is 6.07 Å². The fourth-order valence-electron chi connectivity index (χ4n) is 4.22. The fraction of sp³-hybridized carbons (Fsp3) is 0.600. The van der Waals surface area contributed by atoms with E-state index in [2.05, 4.69) is 52.0 Å². The number of aliphatic hydroxyl groups excluding tert-OH is 1. The Morgan fingerprint density at radius 2 is 1.96 bits per heavy atom. The molecule has 4 rings (SSSR count). The summed E-state index contributed by atoms with van der Waals surface area (Å²) in [5, 5.41) is 9.41. The minimum absolute atomic E-state index is 0.248. The van der Waals surface area contributed by atoms with Crippen molar-refractivity contribution in [1.82, 2.24) is 14.8 Å². The number of aliphatic imine (C=N–C) groups is 1. The number of rotatable bonds is 4. The number of hydrogen-bond donors (Lipinski definition) is 1. The lowest BCUT2D eigenvalue weighted by Gasteiger charge is -2.48. The van der Waals surface area contributed by atoms with Crippen LogP contribution in [0, 0.1) is 18.8 Å². The average Bonchev–Trinajstić information content (AvgIpc) is 2.62. The van der Waals surface area contributed by atoms with Crippen LogP contribution in [0.25, 0.3) is 0 Å². The van der Waals surface area contributed by atoms with Crippen LogP contribution in [-0.4, -0.2) is 71.6 Å². The van der Waals surface area contributed by atoms with Gasteiger partial charge in [0.1, 0.15) is 12.0 Å². The van der Waals surface area contributed by atoms with E-state index in [4.69, 9.17) is 4.99 Å². The van der Waals surface area contributed by atoms with E-state index in [0.29, 0.717) is 18.4 Å². The molecule has 0 spiro atoms. The molecule has 140 valence electrons. The number of aromatic nitrogens is 1. The largest absolute Gasteiger partial charge is 0.396 e. The van der Waals surface area contributed by atoms with Crippen LogP contribution in [0.2, 0.25) is 0 Å². The van der Waals surface area contributed by atoms with Gasteiger partial charge < -0.3 is 14.9 Å². The van der Waals surface area contributed by atoms with Crippen LogP contribution < -0.4 is 4.90 Å². The summed E-state index contributed by atoms with van der Waals surface area (Å²) in [6.45, 7) is 6.42. The van der Waals surface area contributed by atoms with Gasteiger partial charge in [-0.15, -0.1) is 0 Å². The predicted molar refractivity (Wildman–Crippen MR) is 104 cm³/mol. The molecule has 6 nitrogen and oxygen atoms in total. The van der Waals surface area contributed by atoms with E-state index in [1.54, 1.807) is 0 Å². The van der Waals surface area contributed by atoms with Crippen LogP contribution in [0.1, 0.15) is 18.4 Å². The van der Waals surface area contributed by atoms with Gasteiger partial charge in [-0.3, -0.25) is 9.89 Å². The maximum absolute atomic E-state index is 9.41. The van der Waals surface area contributed by atoms with E-state index < -0.39 is 0 Å². The third-order valence-electron chi connectivity index (χ3n) is 5.95. The Balaban J connectivity index is 1.42. The van der Waals surface area contributed by atoms with E-state index in [9.17, 15) is 5.11 Å². The molecule has 2 saturated heterocycles. The summed E-state index contributed by atoms with van der Waals surface area (Å²) in [7, 11) is 2.14. The van der Waals surface area contributed by atoms with Gasteiger partial charge in [0.2, 0.25) is 0 Å². The second kappa shape index (κ2) is 7.37. The average molecular weight is 355 g/mol. The summed E-state index contributed by atoms with van der Waals surface area (Å²) in [5.41, 5.74) is 2.47. The summed E-state index contributed by atoms with van der Waals surface area (Å²) in [5.74, 6) is 2.00. The van der Waals surface area contributed by atoms with Crippen molar-refractivity contribution in [2.45, 2.75) is 25.9 Å². The molecule has 26 heavy (non-hydrogen) atoms. The molecule has 1 atom stereocenters. The lowest BCUT2D eigenvalue weighted by Crippen LogP contribution is -2.61. The quantitative estimate of drug-likeness (QED) is 0.891. The predicted octanol–water partition coefficient (Wildman–Crippen LogP) is 1.71. The zero-order valence-electron chi connectivity index (χ0n) is 15.8. The maximum atomic E-state index is 9.41. The van der Waals surface area contributed by atoms with Crippen molar-refractivity contribution in [2.75, 3.05) is 44.7 Å². The van der Waals surface area contributed by atoms with Gasteiger partial charge in [0.25, 0.3) is 0 Å². The van der Waals surface area contributed by atoms with Gasteiger partial charge in [-0.2, -0.15) is 0 Å². The van der Waals surface area contributed by atoms with Crippen LogP contribution in [0.5, 0.6) is 0 Å². The molecule has 1 N–H and O–H groups in total. The first-order valence-electron chi connectivity index (χ1n) is 9.64. The lowest BCUT2D eigenvalue weighted by atomic mass is 9.89. The second-order valence-corrected chi connectivity index (χ2v) is 7.85. The molecule has 1 aromatic heterocycles. The van der Waals surface area contributed by atoms with Crippen molar-refractivity contribution in [3.8, 4) is 0 Å². The standard InChI is InChI=1S/C20H29N5O/c1-15-3-4-18(22-11-15)25-12-17(13-25)19-20(23(2)10-7-21-19)24-8-5-16(14-26)6-9-24/h3-4,7,10-11,16-17,20,26H,5-6,8-9,12-14H2,1-2H3. The normalized spacial score (nSPS) is 25.3. The molecule has 0 saturated carbocycles. The minimum Gasteiger partial charge on any atom is -0.396 e. The SMILES string of the molecule is Cc1ccc(N2CC(C3=NC=CN(C)C3N3CCC(CO)CC3)C2)nc1. The molecule has 2 fully saturated rings. The van der Waals surface area contributed by atoms with Crippen LogP contribution in [0.15, 0.2) is 35.7 Å². The maximum Gasteiger partial charge on any atom is 0.128 e. The summed E-state index contributed by atoms with van der Waals surface area (Å²) in [4.78, 5) is 16.5. The van der Waals surface area contributed by atoms with Crippen molar-refractivity contribution in [3.05, 3.63) is 36.3 Å². The molecule has 4 heterocycles. The number of pyridine rings is 1. The van der Waals surface area contributed by atoms with E-state index in [1.165, 1.54) is 11.3 Å². The van der Waals surface area contributed by atoms with Crippen molar-refractivity contribution < 1.29 is 5.11 Å². The Morgan fingerprint density at radius 3 is 2.62 bits per heavy atom. The molecular weight excluding hydrogens is 326 g/mol. The molecule has 3 aliphatic heterocycles. The number of likely N-dealkylation sites (tertiary alicyclic amines) is 1. The zero-order valence-corrected chi connectivity index (χ0v) is 15.8. The van der Waals surface area contributed by atoms with Crippen molar-refractivity contribution in [2.24, 2.45) is 16.8 Å². The van der Waals surface area contributed by atoms with Crippen molar-refractivity contribution >= 4 is 11.5 Å². The highest BCUT2D eigenvalue weighted by atomic mass is 16.3. The molecule has 1 aromatic rings. The van der Waals surface area contributed by atoms with Crippen LogP contribution in [0.4, 0.5) is 5.82 Å². The number of anilines is 1. The Kier molecular flexibility index (Phi) is 4.96. The highest BCUT2D eigenvalue weighted by Gasteiger charge is 2.40. The van der Waals surface area contributed by atoms with Gasteiger partial charge in [0, 0.05) is 64.3 Å². The van der Waals surface area contributed by atoms with Gasteiger partial charge in [0.15, 0.2) is 0 Å². The van der Waals surface area contributed by atoms with Crippen LogP contribution >= 0.6 is 0 Å². The topological polar surface area (TPSA) is 55.2 Å². The zero-order chi connectivity index (χ0) is 18.1. The third kappa shape index (κ3) is 3.35. The lowest BCUT2D eigenvalue weighted by molar-refractivity contribution is 0.0746. The Bertz CT molecular complexity index is 672. The Morgan fingerprint density at radius 1 is 1.19 bits per heavy atom. The number of nitrogens with zero attached hydrogens (tertiary/aromatic N) is 5. The molecular formula is C20H29N5O. The number of piperidine rings is 1. The van der Waals surface area contributed by atoms with Crippen LogP contribution in [-0.2, 0) is 0 Å². The highest BCUT2D eigenvalue weighted by Crippen LogP contribution is 2.29. The first-order chi connectivity index (χ1) is 12.7. The Hall–Kier alpha value is -1.92. The Labute approximate surface area is 155 Å². The molecule has 0 aromatic carbocycles. The molecule has 1 unspecified atom stereocenters. The molecule has 0 amide bonds. The third-order valence-corrected chi connectivity index (χ3v) is 5.95. The number of hydrogen-bond acceptors (Lipinski definition) is 6. The van der Waals surface area contributed by atoms with Crippen molar-refractivity contribution in [3.63, 3.8) is 0 Å². The molecule has 0 aliphatic carbocycles. The monoisotopic (exact) mass is 355 g/mol. The first-order valence-corrected chi connectivity index (χ1v) is 9.64. The molecule has 6 heteroatoms. The smallest absolute Gasteiger partial charge is 0.128 e. The van der Waals surface area contributed by atoms with E-state index in [-0.39, 0.29) is 6.17 Å². The first kappa shape index (κ1) is 17.5. The van der Waals surface area contributed by atoms with Gasteiger partial charge in [0.05, 0.1) is 5.71 Å². The van der Waals surface area contributed by atoms with Gasteiger partial charge in [-0.05, 0) is 37.3 Å². The highest BCUT2D eigenvalue weighted by molar-refractivity contribution is 5.94. The van der Waals surface area contributed by atoms with E-state index in [1.807, 2.05) is 12.4 Å². The summed E-state index contributed by atoms with van der Waals surface area (Å²) in [6.07, 6.45) is 8.33. The molecule has 0 radical (unpaired) electrons. The van der Waals surface area contributed by atoms with Crippen LogP contribution in [0.3, 0.4) is 0 Å². The number of aliphatic hydroxyl groups is 1. The van der Waals surface area contributed by atoms with E-state index >= 15 is 0 Å². The minimum atomic E-state index is 0.248. The second-order valence-electron chi connectivity index (χ2n) is 7.85.